The fourth-order valence-corrected chi connectivity index (χ4v) is 3.08. The molecule has 1 aromatic carbocycles. The van der Waals surface area contributed by atoms with Crippen molar-refractivity contribution < 1.29 is 0 Å². The zero-order valence-corrected chi connectivity index (χ0v) is 11.4. The summed E-state index contributed by atoms with van der Waals surface area (Å²) in [5.74, 6) is 0. The van der Waals surface area contributed by atoms with Gasteiger partial charge >= 0.3 is 0 Å². The number of nitrogens with one attached hydrogen (secondary N) is 1. The zero-order chi connectivity index (χ0) is 13.1. The van der Waals surface area contributed by atoms with E-state index in [2.05, 4.69) is 41.5 Å². The Balaban J connectivity index is 1.88. The van der Waals surface area contributed by atoms with Gasteiger partial charge in [-0.25, -0.2) is 0 Å². The molecule has 1 atom stereocenters. The summed E-state index contributed by atoms with van der Waals surface area (Å²) in [5, 5.41) is 3.58. The summed E-state index contributed by atoms with van der Waals surface area (Å²) in [5.41, 5.74) is 5.81. The zero-order valence-electron chi connectivity index (χ0n) is 11.4. The van der Waals surface area contributed by atoms with Crippen molar-refractivity contribution in [3.63, 3.8) is 0 Å². The molecule has 98 valence electrons. The average molecular weight is 252 g/mol. The molecule has 1 N–H and O–H groups in total. The minimum Gasteiger partial charge on any atom is -0.310 e. The number of rotatable bonds is 4. The standard InChI is InChI=1S/C17H20N2/c1-2-19-17-9-8-15-14(6-3-7-16(15)17)11-13-5-4-10-18-12-13/h3-7,10,12,17,19H,2,8-9,11H2,1H3. The predicted octanol–water partition coefficient (Wildman–Crippen LogP) is 3.27. The minimum atomic E-state index is 0.550. The maximum Gasteiger partial charge on any atom is 0.0326 e. The molecule has 0 saturated heterocycles. The van der Waals surface area contributed by atoms with Crippen LogP contribution in [-0.2, 0) is 12.8 Å². The number of pyridine rings is 1. The molecule has 1 aliphatic carbocycles. The topological polar surface area (TPSA) is 24.9 Å². The van der Waals surface area contributed by atoms with E-state index in [1.165, 1.54) is 29.5 Å². The van der Waals surface area contributed by atoms with Gasteiger partial charge in [-0.15, -0.1) is 0 Å². The Morgan fingerprint density at radius 2 is 2.21 bits per heavy atom. The van der Waals surface area contributed by atoms with Gasteiger partial charge in [0.1, 0.15) is 0 Å². The number of hydrogen-bond acceptors (Lipinski definition) is 2. The highest BCUT2D eigenvalue weighted by Gasteiger charge is 2.23. The maximum atomic E-state index is 4.21. The molecule has 2 heteroatoms. The van der Waals surface area contributed by atoms with Crippen LogP contribution >= 0.6 is 0 Å². The third-order valence-corrected chi connectivity index (χ3v) is 3.94. The minimum absolute atomic E-state index is 0.550. The van der Waals surface area contributed by atoms with Crippen LogP contribution in [0.3, 0.4) is 0 Å². The lowest BCUT2D eigenvalue weighted by Gasteiger charge is -2.13. The van der Waals surface area contributed by atoms with Gasteiger partial charge in [0, 0.05) is 18.4 Å². The van der Waals surface area contributed by atoms with Gasteiger partial charge in [-0.3, -0.25) is 4.98 Å². The lowest BCUT2D eigenvalue weighted by atomic mass is 9.97. The summed E-state index contributed by atoms with van der Waals surface area (Å²) in [6, 6.07) is 11.5. The molecule has 0 amide bonds. The molecule has 19 heavy (non-hydrogen) atoms. The van der Waals surface area contributed by atoms with Crippen LogP contribution < -0.4 is 5.32 Å². The van der Waals surface area contributed by atoms with Crippen LogP contribution in [0.5, 0.6) is 0 Å². The van der Waals surface area contributed by atoms with Crippen LogP contribution in [0.15, 0.2) is 42.7 Å². The van der Waals surface area contributed by atoms with Gasteiger partial charge in [0.2, 0.25) is 0 Å². The highest BCUT2D eigenvalue weighted by atomic mass is 14.9. The summed E-state index contributed by atoms with van der Waals surface area (Å²) in [7, 11) is 0. The van der Waals surface area contributed by atoms with E-state index in [4.69, 9.17) is 0 Å². The molecule has 0 aliphatic heterocycles. The van der Waals surface area contributed by atoms with Crippen molar-refractivity contribution in [1.29, 1.82) is 0 Å². The van der Waals surface area contributed by atoms with Crippen molar-refractivity contribution in [3.8, 4) is 0 Å². The summed E-state index contributed by atoms with van der Waals surface area (Å²) >= 11 is 0. The second kappa shape index (κ2) is 5.54. The molecule has 1 heterocycles. The first kappa shape index (κ1) is 12.4. The van der Waals surface area contributed by atoms with Crippen LogP contribution in [0, 0.1) is 0 Å². The summed E-state index contributed by atoms with van der Waals surface area (Å²) in [6.07, 6.45) is 7.22. The fourth-order valence-electron chi connectivity index (χ4n) is 3.08. The van der Waals surface area contributed by atoms with Gasteiger partial charge in [-0.2, -0.15) is 0 Å². The van der Waals surface area contributed by atoms with E-state index in [-0.39, 0.29) is 0 Å². The van der Waals surface area contributed by atoms with E-state index >= 15 is 0 Å². The molecule has 0 radical (unpaired) electrons. The van der Waals surface area contributed by atoms with Gasteiger partial charge in [-0.1, -0.05) is 31.2 Å². The van der Waals surface area contributed by atoms with E-state index in [0.29, 0.717) is 6.04 Å². The molecule has 1 unspecified atom stereocenters. The Kier molecular flexibility index (Phi) is 3.60. The van der Waals surface area contributed by atoms with Crippen molar-refractivity contribution in [1.82, 2.24) is 10.3 Å². The molecule has 3 rings (SSSR count). The van der Waals surface area contributed by atoms with Gasteiger partial charge in [-0.05, 0) is 54.1 Å². The normalized spacial score (nSPS) is 17.4. The first-order valence-corrected chi connectivity index (χ1v) is 7.11. The van der Waals surface area contributed by atoms with Gasteiger partial charge in [0.15, 0.2) is 0 Å². The summed E-state index contributed by atoms with van der Waals surface area (Å²) in [6.45, 7) is 3.22. The smallest absolute Gasteiger partial charge is 0.0326 e. The predicted molar refractivity (Wildman–Crippen MR) is 78.2 cm³/mol. The van der Waals surface area contributed by atoms with Crippen LogP contribution in [0.2, 0.25) is 0 Å². The summed E-state index contributed by atoms with van der Waals surface area (Å²) < 4.78 is 0. The SMILES string of the molecule is CCNC1CCc2c(Cc3cccnc3)cccc21. The van der Waals surface area contributed by atoms with Crippen molar-refractivity contribution in [2.75, 3.05) is 6.54 Å². The number of aromatic nitrogens is 1. The van der Waals surface area contributed by atoms with E-state index in [9.17, 15) is 0 Å². The highest BCUT2D eigenvalue weighted by Crippen LogP contribution is 2.33. The number of benzene rings is 1. The Morgan fingerprint density at radius 1 is 1.26 bits per heavy atom. The molecule has 1 aliphatic rings. The first-order chi connectivity index (χ1) is 9.38. The van der Waals surface area contributed by atoms with Crippen LogP contribution in [-0.4, -0.2) is 11.5 Å². The van der Waals surface area contributed by atoms with E-state index in [0.717, 1.165) is 13.0 Å². The number of nitrogens with zero attached hydrogens (tertiary/aromatic N) is 1. The molecular formula is C17H20N2. The Morgan fingerprint density at radius 3 is 3.00 bits per heavy atom. The van der Waals surface area contributed by atoms with Gasteiger partial charge in [0.25, 0.3) is 0 Å². The van der Waals surface area contributed by atoms with Gasteiger partial charge < -0.3 is 5.32 Å². The molecule has 2 nitrogen and oxygen atoms in total. The molecule has 1 aromatic heterocycles. The van der Waals surface area contributed by atoms with Crippen LogP contribution in [0.1, 0.15) is 41.6 Å². The largest absolute Gasteiger partial charge is 0.310 e. The van der Waals surface area contributed by atoms with Crippen molar-refractivity contribution in [2.45, 2.75) is 32.2 Å². The first-order valence-electron chi connectivity index (χ1n) is 7.11. The van der Waals surface area contributed by atoms with Crippen molar-refractivity contribution in [3.05, 3.63) is 65.0 Å². The molecule has 0 bridgehead atoms. The van der Waals surface area contributed by atoms with Crippen molar-refractivity contribution in [2.24, 2.45) is 0 Å². The number of hydrogen-bond donors (Lipinski definition) is 1. The lowest BCUT2D eigenvalue weighted by Crippen LogP contribution is -2.18. The molecule has 0 spiro atoms. The summed E-state index contributed by atoms with van der Waals surface area (Å²) in [4.78, 5) is 4.21. The monoisotopic (exact) mass is 252 g/mol. The van der Waals surface area contributed by atoms with E-state index < -0.39 is 0 Å². The third-order valence-electron chi connectivity index (χ3n) is 3.94. The molecular weight excluding hydrogens is 232 g/mol. The third kappa shape index (κ3) is 2.54. The maximum absolute atomic E-state index is 4.21. The fraction of sp³-hybridized carbons (Fsp3) is 0.353. The average Bonchev–Trinajstić information content (AvgIpc) is 2.85. The Bertz CT molecular complexity index is 548. The molecule has 0 fully saturated rings. The highest BCUT2D eigenvalue weighted by molar-refractivity contribution is 5.42. The second-order valence-corrected chi connectivity index (χ2v) is 5.17. The quantitative estimate of drug-likeness (QED) is 0.903. The van der Waals surface area contributed by atoms with E-state index in [1.807, 2.05) is 18.5 Å². The van der Waals surface area contributed by atoms with Gasteiger partial charge in [0.05, 0.1) is 0 Å². The van der Waals surface area contributed by atoms with Crippen LogP contribution in [0.25, 0.3) is 0 Å². The molecule has 2 aromatic rings. The number of fused-ring (bicyclic) bond motifs is 1. The van der Waals surface area contributed by atoms with Crippen LogP contribution in [0.4, 0.5) is 0 Å². The van der Waals surface area contributed by atoms with E-state index in [1.54, 1.807) is 5.56 Å². The van der Waals surface area contributed by atoms with Crippen molar-refractivity contribution >= 4 is 0 Å². The Hall–Kier alpha value is -1.67. The molecule has 0 saturated carbocycles. The second-order valence-electron chi connectivity index (χ2n) is 5.17. The Labute approximate surface area is 114 Å². The lowest BCUT2D eigenvalue weighted by molar-refractivity contribution is 0.549.